The Balaban J connectivity index is 1.61. The fourth-order valence-electron chi connectivity index (χ4n) is 7.45. The lowest BCUT2D eigenvalue weighted by atomic mass is 9.48. The number of hydrogen-bond donors (Lipinski definition) is 0. The number of ether oxygens (including phenoxy) is 1. The van der Waals surface area contributed by atoms with Crippen LogP contribution in [0.1, 0.15) is 72.6 Å². The molecule has 0 saturated heterocycles. The first kappa shape index (κ1) is 17.4. The average molecular weight is 343 g/mol. The maximum absolute atomic E-state index is 11.5. The second-order valence-corrected chi connectivity index (χ2v) is 9.67. The third kappa shape index (κ3) is 2.54. The van der Waals surface area contributed by atoms with Crippen LogP contribution < -0.4 is 0 Å². The second-order valence-electron chi connectivity index (χ2n) is 9.67. The fourth-order valence-corrected chi connectivity index (χ4v) is 7.45. The summed E-state index contributed by atoms with van der Waals surface area (Å²) < 4.78 is 5.63. The van der Waals surface area contributed by atoms with Crippen molar-refractivity contribution in [2.45, 2.75) is 78.7 Å². The van der Waals surface area contributed by atoms with E-state index in [-0.39, 0.29) is 12.1 Å². The predicted molar refractivity (Wildman–Crippen MR) is 101 cm³/mol. The minimum absolute atomic E-state index is 0.0620. The Morgan fingerprint density at radius 3 is 2.76 bits per heavy atom. The summed E-state index contributed by atoms with van der Waals surface area (Å²) in [4.78, 5) is 11.5. The monoisotopic (exact) mass is 342 g/mol. The highest BCUT2D eigenvalue weighted by molar-refractivity contribution is 5.66. The zero-order chi connectivity index (χ0) is 17.8. The third-order valence-electron chi connectivity index (χ3n) is 8.64. The summed E-state index contributed by atoms with van der Waals surface area (Å²) in [6.45, 7) is 8.72. The van der Waals surface area contributed by atoms with E-state index in [1.807, 2.05) is 0 Å². The van der Waals surface area contributed by atoms with Crippen molar-refractivity contribution >= 4 is 5.97 Å². The molecule has 4 aliphatic carbocycles. The highest BCUT2D eigenvalue weighted by atomic mass is 16.5. The van der Waals surface area contributed by atoms with Crippen LogP contribution in [0.15, 0.2) is 23.8 Å². The van der Waals surface area contributed by atoms with Crippen molar-refractivity contribution in [3.63, 3.8) is 0 Å². The lowest BCUT2D eigenvalue weighted by Gasteiger charge is -2.57. The number of fused-ring (bicyclic) bond motifs is 5. The molecule has 1 unspecified atom stereocenters. The van der Waals surface area contributed by atoms with E-state index in [2.05, 4.69) is 39.0 Å². The highest BCUT2D eigenvalue weighted by Gasteiger charge is 2.59. The number of carbonyl (C=O) groups is 1. The largest absolute Gasteiger partial charge is 0.463 e. The van der Waals surface area contributed by atoms with E-state index in [0.29, 0.717) is 16.7 Å². The minimum Gasteiger partial charge on any atom is -0.463 e. The summed E-state index contributed by atoms with van der Waals surface area (Å²) in [7, 11) is 0. The molecular weight excluding hydrogens is 308 g/mol. The van der Waals surface area contributed by atoms with Crippen LogP contribution in [0.25, 0.3) is 0 Å². The molecule has 0 aromatic rings. The van der Waals surface area contributed by atoms with Gasteiger partial charge in [-0.2, -0.15) is 0 Å². The van der Waals surface area contributed by atoms with Crippen molar-refractivity contribution in [1.29, 1.82) is 0 Å². The molecule has 4 aliphatic rings. The van der Waals surface area contributed by atoms with Crippen molar-refractivity contribution in [3.8, 4) is 0 Å². The molecule has 0 aromatic heterocycles. The summed E-state index contributed by atoms with van der Waals surface area (Å²) in [6.07, 6.45) is 16.4. The molecule has 4 rings (SSSR count). The molecule has 0 aliphatic heterocycles. The predicted octanol–water partition coefficient (Wildman–Crippen LogP) is 5.68. The van der Waals surface area contributed by atoms with Crippen molar-refractivity contribution in [2.75, 3.05) is 0 Å². The molecule has 2 nitrogen and oxygen atoms in total. The van der Waals surface area contributed by atoms with Crippen molar-refractivity contribution in [1.82, 2.24) is 0 Å². The van der Waals surface area contributed by atoms with Gasteiger partial charge in [0.05, 0.1) is 0 Å². The Morgan fingerprint density at radius 1 is 1.20 bits per heavy atom. The van der Waals surface area contributed by atoms with E-state index in [1.165, 1.54) is 44.9 Å². The van der Waals surface area contributed by atoms with Gasteiger partial charge in [0.1, 0.15) is 6.10 Å². The maximum atomic E-state index is 11.5. The van der Waals surface area contributed by atoms with E-state index in [1.54, 1.807) is 12.5 Å². The maximum Gasteiger partial charge on any atom is 0.302 e. The van der Waals surface area contributed by atoms with Gasteiger partial charge in [-0.1, -0.05) is 32.1 Å². The Kier molecular flexibility index (Phi) is 4.16. The van der Waals surface area contributed by atoms with Crippen LogP contribution in [0.2, 0.25) is 0 Å². The van der Waals surface area contributed by atoms with Gasteiger partial charge in [0.25, 0.3) is 0 Å². The molecule has 0 N–H and O–H groups in total. The summed E-state index contributed by atoms with van der Waals surface area (Å²) in [5.41, 5.74) is 2.37. The first-order valence-electron chi connectivity index (χ1n) is 10.4. The second kappa shape index (κ2) is 5.99. The minimum atomic E-state index is -0.125. The molecule has 7 atom stereocenters. The van der Waals surface area contributed by atoms with Gasteiger partial charge in [-0.3, -0.25) is 4.79 Å². The highest BCUT2D eigenvalue weighted by Crippen LogP contribution is 2.66. The van der Waals surface area contributed by atoms with E-state index in [9.17, 15) is 4.79 Å². The number of esters is 1. The standard InChI is InChI=1S/C23H34O2/c1-15(25-16(2)24)19-10-11-20-18-9-8-17-7-5-6-13-22(17,3)21(18)12-14-23(19,20)4/h5,7-8,15,18-21H,6,9-14H2,1-4H3/t15?,18-,19+,20-,21-,22-,23+/m0/s1. The number of rotatable bonds is 2. The van der Waals surface area contributed by atoms with Gasteiger partial charge < -0.3 is 4.74 Å². The van der Waals surface area contributed by atoms with Crippen molar-refractivity contribution < 1.29 is 9.53 Å². The molecule has 0 spiro atoms. The molecule has 0 bridgehead atoms. The molecular formula is C23H34O2. The van der Waals surface area contributed by atoms with Gasteiger partial charge in [0, 0.05) is 12.8 Å². The van der Waals surface area contributed by atoms with Crippen molar-refractivity contribution in [3.05, 3.63) is 23.8 Å². The van der Waals surface area contributed by atoms with Gasteiger partial charge in [-0.25, -0.2) is 0 Å². The van der Waals surface area contributed by atoms with E-state index in [0.717, 1.165) is 17.8 Å². The van der Waals surface area contributed by atoms with Gasteiger partial charge >= 0.3 is 5.97 Å². The summed E-state index contributed by atoms with van der Waals surface area (Å²) >= 11 is 0. The molecule has 2 saturated carbocycles. The molecule has 0 aromatic carbocycles. The number of allylic oxidation sites excluding steroid dienone is 4. The van der Waals surface area contributed by atoms with Crippen LogP contribution in [-0.4, -0.2) is 12.1 Å². The van der Waals surface area contributed by atoms with Crippen LogP contribution in [-0.2, 0) is 9.53 Å². The smallest absolute Gasteiger partial charge is 0.302 e. The Labute approximate surface area is 153 Å². The van der Waals surface area contributed by atoms with Crippen LogP contribution in [0.5, 0.6) is 0 Å². The topological polar surface area (TPSA) is 26.3 Å². The molecule has 0 heterocycles. The van der Waals surface area contributed by atoms with Crippen molar-refractivity contribution in [2.24, 2.45) is 34.5 Å². The first-order chi connectivity index (χ1) is 11.9. The molecule has 2 fully saturated rings. The van der Waals surface area contributed by atoms with E-state index < -0.39 is 0 Å². The Morgan fingerprint density at radius 2 is 2.00 bits per heavy atom. The molecule has 0 radical (unpaired) electrons. The Hall–Kier alpha value is -1.05. The van der Waals surface area contributed by atoms with Gasteiger partial charge in [-0.15, -0.1) is 0 Å². The first-order valence-corrected chi connectivity index (χ1v) is 10.4. The zero-order valence-electron chi connectivity index (χ0n) is 16.4. The SMILES string of the molecule is CC(=O)OC(C)[C@H]1CC[C@H]2[C@@H]3CC=C4C=CCC[C@]4(C)[C@H]3CC[C@]12C. The number of carbonyl (C=O) groups excluding carboxylic acids is 1. The van der Waals surface area contributed by atoms with Crippen LogP contribution in [0.3, 0.4) is 0 Å². The zero-order valence-corrected chi connectivity index (χ0v) is 16.4. The number of hydrogen-bond acceptors (Lipinski definition) is 2. The summed E-state index contributed by atoms with van der Waals surface area (Å²) in [5, 5.41) is 0. The van der Waals surface area contributed by atoms with Crippen LogP contribution in [0.4, 0.5) is 0 Å². The normalized spacial score (nSPS) is 46.5. The molecule has 0 amide bonds. The summed E-state index contributed by atoms with van der Waals surface area (Å²) in [6, 6.07) is 0. The molecule has 2 heteroatoms. The van der Waals surface area contributed by atoms with Gasteiger partial charge in [-0.05, 0) is 86.0 Å². The lowest BCUT2D eigenvalue weighted by molar-refractivity contribution is -0.152. The molecule has 138 valence electrons. The quantitative estimate of drug-likeness (QED) is 0.603. The van der Waals surface area contributed by atoms with Gasteiger partial charge in [0.2, 0.25) is 0 Å². The fraction of sp³-hybridized carbons (Fsp3) is 0.783. The average Bonchev–Trinajstić information content (AvgIpc) is 2.91. The molecule has 25 heavy (non-hydrogen) atoms. The van der Waals surface area contributed by atoms with Crippen LogP contribution in [0, 0.1) is 34.5 Å². The third-order valence-corrected chi connectivity index (χ3v) is 8.64. The Bertz CT molecular complexity index is 618. The van der Waals surface area contributed by atoms with Crippen LogP contribution >= 0.6 is 0 Å². The lowest BCUT2D eigenvalue weighted by Crippen LogP contribution is -2.50. The van der Waals surface area contributed by atoms with Gasteiger partial charge in [0.15, 0.2) is 0 Å². The summed E-state index contributed by atoms with van der Waals surface area (Å²) in [5.74, 6) is 2.88. The van der Waals surface area contributed by atoms with E-state index >= 15 is 0 Å². The van der Waals surface area contributed by atoms with E-state index in [4.69, 9.17) is 4.74 Å².